The number of hydrogen-bond acceptors (Lipinski definition) is 5. The Morgan fingerprint density at radius 1 is 1.12 bits per heavy atom. The molecule has 0 heterocycles. The topological polar surface area (TPSA) is 101 Å². The number of carbonyl (C=O) groups excluding carboxylic acids is 2. The van der Waals surface area contributed by atoms with Crippen LogP contribution in [-0.4, -0.2) is 29.0 Å². The SMILES string of the molecule is CSc1ccc([N+](=O)[O-])c(C(=O)Nc2ccc(C(=O)NC3CC3)cc2)c1. The van der Waals surface area contributed by atoms with E-state index in [4.69, 9.17) is 0 Å². The zero-order valence-corrected chi connectivity index (χ0v) is 14.8. The second-order valence-corrected chi connectivity index (χ2v) is 6.80. The van der Waals surface area contributed by atoms with Crippen molar-refractivity contribution in [3.63, 3.8) is 0 Å². The third-order valence-corrected chi connectivity index (χ3v) is 4.69. The molecule has 26 heavy (non-hydrogen) atoms. The van der Waals surface area contributed by atoms with Crippen molar-refractivity contribution in [2.45, 2.75) is 23.8 Å². The first-order chi connectivity index (χ1) is 12.5. The third-order valence-electron chi connectivity index (χ3n) is 3.96. The number of anilines is 1. The Bertz CT molecular complexity index is 863. The quantitative estimate of drug-likeness (QED) is 0.460. The highest BCUT2D eigenvalue weighted by Gasteiger charge is 2.24. The summed E-state index contributed by atoms with van der Waals surface area (Å²) >= 11 is 1.40. The van der Waals surface area contributed by atoms with Crippen molar-refractivity contribution >= 4 is 35.0 Å². The number of nitro groups is 1. The molecular weight excluding hydrogens is 354 g/mol. The number of carbonyl (C=O) groups is 2. The maximum Gasteiger partial charge on any atom is 0.282 e. The van der Waals surface area contributed by atoms with Gasteiger partial charge in [0.2, 0.25) is 0 Å². The van der Waals surface area contributed by atoms with Gasteiger partial charge in [-0.25, -0.2) is 0 Å². The molecule has 134 valence electrons. The predicted molar refractivity (Wildman–Crippen MR) is 99.8 cm³/mol. The van der Waals surface area contributed by atoms with Gasteiger partial charge in [-0.05, 0) is 55.5 Å². The fourth-order valence-corrected chi connectivity index (χ4v) is 2.82. The lowest BCUT2D eigenvalue weighted by Gasteiger charge is -2.08. The van der Waals surface area contributed by atoms with E-state index in [1.54, 1.807) is 30.3 Å². The smallest absolute Gasteiger partial charge is 0.282 e. The van der Waals surface area contributed by atoms with Crippen LogP contribution >= 0.6 is 11.8 Å². The monoisotopic (exact) mass is 371 g/mol. The zero-order chi connectivity index (χ0) is 18.7. The van der Waals surface area contributed by atoms with E-state index in [1.165, 1.54) is 23.9 Å². The molecule has 0 bridgehead atoms. The number of rotatable bonds is 6. The van der Waals surface area contributed by atoms with Crippen LogP contribution in [0.25, 0.3) is 0 Å². The van der Waals surface area contributed by atoms with Crippen LogP contribution in [0.1, 0.15) is 33.6 Å². The molecule has 0 aliphatic heterocycles. The standard InChI is InChI=1S/C18H17N3O4S/c1-26-14-8-9-16(21(24)25)15(10-14)18(23)20-12-4-2-11(3-5-12)17(22)19-13-6-7-13/h2-5,8-10,13H,6-7H2,1H3,(H,19,22)(H,20,23). The van der Waals surface area contributed by atoms with Gasteiger partial charge in [0.1, 0.15) is 5.56 Å². The van der Waals surface area contributed by atoms with Crippen LogP contribution < -0.4 is 10.6 Å². The lowest BCUT2D eigenvalue weighted by atomic mass is 10.1. The van der Waals surface area contributed by atoms with Crippen molar-refractivity contribution in [2.24, 2.45) is 0 Å². The summed E-state index contributed by atoms with van der Waals surface area (Å²) in [5, 5.41) is 16.7. The molecule has 0 saturated heterocycles. The molecule has 1 aliphatic carbocycles. The number of amides is 2. The number of nitrogens with one attached hydrogen (secondary N) is 2. The van der Waals surface area contributed by atoms with Gasteiger partial charge in [0.15, 0.2) is 0 Å². The van der Waals surface area contributed by atoms with E-state index >= 15 is 0 Å². The fourth-order valence-electron chi connectivity index (χ4n) is 2.38. The van der Waals surface area contributed by atoms with Gasteiger partial charge in [-0.15, -0.1) is 11.8 Å². The molecule has 3 rings (SSSR count). The van der Waals surface area contributed by atoms with E-state index in [-0.39, 0.29) is 23.2 Å². The van der Waals surface area contributed by atoms with Crippen LogP contribution in [0.2, 0.25) is 0 Å². The van der Waals surface area contributed by atoms with E-state index in [0.717, 1.165) is 17.7 Å². The average molecular weight is 371 g/mol. The number of benzene rings is 2. The summed E-state index contributed by atoms with van der Waals surface area (Å²) < 4.78 is 0. The predicted octanol–water partition coefficient (Wildman–Crippen LogP) is 3.46. The van der Waals surface area contributed by atoms with Crippen molar-refractivity contribution in [1.82, 2.24) is 5.32 Å². The fraction of sp³-hybridized carbons (Fsp3) is 0.222. The summed E-state index contributed by atoms with van der Waals surface area (Å²) in [6, 6.07) is 11.1. The second kappa shape index (κ2) is 7.57. The summed E-state index contributed by atoms with van der Waals surface area (Å²) in [7, 11) is 0. The first-order valence-electron chi connectivity index (χ1n) is 8.02. The summed E-state index contributed by atoms with van der Waals surface area (Å²) in [5.74, 6) is -0.712. The van der Waals surface area contributed by atoms with E-state index in [1.807, 2.05) is 6.26 Å². The summed E-state index contributed by atoms with van der Waals surface area (Å²) in [4.78, 5) is 35.8. The number of nitro benzene ring substituents is 1. The van der Waals surface area contributed by atoms with Crippen molar-refractivity contribution in [2.75, 3.05) is 11.6 Å². The molecule has 1 fully saturated rings. The highest BCUT2D eigenvalue weighted by atomic mass is 32.2. The second-order valence-electron chi connectivity index (χ2n) is 5.92. The highest BCUT2D eigenvalue weighted by molar-refractivity contribution is 7.98. The van der Waals surface area contributed by atoms with Crippen molar-refractivity contribution in [3.8, 4) is 0 Å². The Balaban J connectivity index is 1.75. The first-order valence-corrected chi connectivity index (χ1v) is 9.25. The molecule has 1 aliphatic rings. The van der Waals surface area contributed by atoms with Crippen molar-refractivity contribution < 1.29 is 14.5 Å². The van der Waals surface area contributed by atoms with Crippen molar-refractivity contribution in [1.29, 1.82) is 0 Å². The minimum absolute atomic E-state index is 0.00240. The van der Waals surface area contributed by atoms with Crippen LogP contribution in [-0.2, 0) is 0 Å². The lowest BCUT2D eigenvalue weighted by molar-refractivity contribution is -0.385. The molecule has 0 atom stereocenters. The van der Waals surface area contributed by atoms with Gasteiger partial charge < -0.3 is 10.6 Å². The maximum absolute atomic E-state index is 12.5. The highest BCUT2D eigenvalue weighted by Crippen LogP contribution is 2.26. The van der Waals surface area contributed by atoms with Gasteiger partial charge in [-0.2, -0.15) is 0 Å². The molecule has 2 N–H and O–H groups in total. The number of nitrogens with zero attached hydrogens (tertiary/aromatic N) is 1. The molecule has 0 spiro atoms. The Labute approximate surface area is 154 Å². The minimum Gasteiger partial charge on any atom is -0.349 e. The molecule has 1 saturated carbocycles. The maximum atomic E-state index is 12.5. The lowest BCUT2D eigenvalue weighted by Crippen LogP contribution is -2.25. The van der Waals surface area contributed by atoms with Crippen LogP contribution in [0.15, 0.2) is 47.4 Å². The molecular formula is C18H17N3O4S. The van der Waals surface area contributed by atoms with E-state index in [0.29, 0.717) is 11.3 Å². The van der Waals surface area contributed by atoms with Crippen LogP contribution in [0.3, 0.4) is 0 Å². The van der Waals surface area contributed by atoms with Crippen molar-refractivity contribution in [3.05, 3.63) is 63.7 Å². The first kappa shape index (κ1) is 17.9. The van der Waals surface area contributed by atoms with Crippen LogP contribution in [0, 0.1) is 10.1 Å². The Kier molecular flexibility index (Phi) is 5.22. The summed E-state index contributed by atoms with van der Waals surface area (Å²) in [5.41, 5.74) is 0.713. The summed E-state index contributed by atoms with van der Waals surface area (Å²) in [6.45, 7) is 0. The molecule has 7 nitrogen and oxygen atoms in total. The van der Waals surface area contributed by atoms with E-state index in [9.17, 15) is 19.7 Å². The van der Waals surface area contributed by atoms with Gasteiger partial charge in [0.05, 0.1) is 4.92 Å². The average Bonchev–Trinajstić information content (AvgIpc) is 3.45. The Morgan fingerprint density at radius 2 is 1.81 bits per heavy atom. The normalized spacial score (nSPS) is 13.1. The molecule has 0 radical (unpaired) electrons. The van der Waals surface area contributed by atoms with E-state index < -0.39 is 10.8 Å². The van der Waals surface area contributed by atoms with Crippen LogP contribution in [0.5, 0.6) is 0 Å². The zero-order valence-electron chi connectivity index (χ0n) is 14.0. The van der Waals surface area contributed by atoms with Gasteiger partial charge in [-0.3, -0.25) is 19.7 Å². The Morgan fingerprint density at radius 3 is 2.38 bits per heavy atom. The molecule has 2 aromatic rings. The van der Waals surface area contributed by atoms with Gasteiger partial charge in [0, 0.05) is 28.3 Å². The minimum atomic E-state index is -0.579. The molecule has 0 aromatic heterocycles. The van der Waals surface area contributed by atoms with E-state index in [2.05, 4.69) is 10.6 Å². The van der Waals surface area contributed by atoms with Gasteiger partial charge in [0.25, 0.3) is 17.5 Å². The van der Waals surface area contributed by atoms with Gasteiger partial charge >= 0.3 is 0 Å². The molecule has 8 heteroatoms. The Hall–Kier alpha value is -2.87. The molecule has 2 amide bonds. The van der Waals surface area contributed by atoms with Crippen LogP contribution in [0.4, 0.5) is 11.4 Å². The number of hydrogen-bond donors (Lipinski definition) is 2. The third kappa shape index (κ3) is 4.20. The summed E-state index contributed by atoms with van der Waals surface area (Å²) in [6.07, 6.45) is 3.84. The molecule has 2 aromatic carbocycles. The molecule has 0 unspecified atom stereocenters. The number of thioether (sulfide) groups is 1. The van der Waals surface area contributed by atoms with Gasteiger partial charge in [-0.1, -0.05) is 0 Å². The largest absolute Gasteiger partial charge is 0.349 e.